The Kier molecular flexibility index (Phi) is 5.81. The number of hydrogen-bond donors (Lipinski definition) is 0. The van der Waals surface area contributed by atoms with E-state index < -0.39 is 12.1 Å². The van der Waals surface area contributed by atoms with E-state index in [1.807, 2.05) is 24.3 Å². The van der Waals surface area contributed by atoms with Crippen molar-refractivity contribution in [3.05, 3.63) is 59.7 Å². The fraction of sp³-hybridized carbons (Fsp3) is 0.391. The summed E-state index contributed by atoms with van der Waals surface area (Å²) in [7, 11) is 0. The molecule has 0 unspecified atom stereocenters. The summed E-state index contributed by atoms with van der Waals surface area (Å²) in [5.41, 5.74) is 2.42. The third-order valence-corrected chi connectivity index (χ3v) is 5.33. The van der Waals surface area contributed by atoms with Gasteiger partial charge >= 0.3 is 5.97 Å². The summed E-state index contributed by atoms with van der Waals surface area (Å²) in [6.45, 7) is 3.52. The molecule has 0 aliphatic carbocycles. The van der Waals surface area contributed by atoms with Gasteiger partial charge in [-0.1, -0.05) is 18.2 Å². The van der Waals surface area contributed by atoms with Gasteiger partial charge in [-0.3, -0.25) is 4.79 Å². The second kappa shape index (κ2) is 8.66. The van der Waals surface area contributed by atoms with Gasteiger partial charge in [0.15, 0.2) is 6.10 Å². The highest BCUT2D eigenvalue weighted by Crippen LogP contribution is 2.28. The van der Waals surface area contributed by atoms with Crippen LogP contribution in [0.15, 0.2) is 48.5 Å². The highest BCUT2D eigenvalue weighted by Gasteiger charge is 2.30. The van der Waals surface area contributed by atoms with Crippen molar-refractivity contribution in [3.63, 3.8) is 0 Å². The SMILES string of the molecule is C[C@H](OC(=O)c1ccc(OC[C@H]2CCCO2)cc1)C(=O)N1CCc2ccccc21. The van der Waals surface area contributed by atoms with Crippen LogP contribution in [0.4, 0.5) is 5.69 Å². The van der Waals surface area contributed by atoms with Crippen molar-refractivity contribution in [2.75, 3.05) is 24.7 Å². The number of carbonyl (C=O) groups is 2. The summed E-state index contributed by atoms with van der Waals surface area (Å²) in [5.74, 6) is -0.0568. The maximum atomic E-state index is 12.8. The van der Waals surface area contributed by atoms with Gasteiger partial charge in [0, 0.05) is 18.8 Å². The number of rotatable bonds is 6. The first-order chi connectivity index (χ1) is 14.1. The zero-order chi connectivity index (χ0) is 20.2. The van der Waals surface area contributed by atoms with Crippen molar-refractivity contribution in [1.82, 2.24) is 0 Å². The van der Waals surface area contributed by atoms with E-state index in [-0.39, 0.29) is 12.0 Å². The van der Waals surface area contributed by atoms with Crippen LogP contribution in [0.3, 0.4) is 0 Å². The van der Waals surface area contributed by atoms with Crippen LogP contribution in [0.1, 0.15) is 35.7 Å². The molecule has 152 valence electrons. The van der Waals surface area contributed by atoms with E-state index in [4.69, 9.17) is 14.2 Å². The van der Waals surface area contributed by atoms with E-state index in [1.54, 1.807) is 36.1 Å². The lowest BCUT2D eigenvalue weighted by atomic mass is 10.2. The standard InChI is InChI=1S/C23H25NO5/c1-16(22(25)24-13-12-17-5-2-3-7-21(17)24)29-23(26)18-8-10-19(11-9-18)28-15-20-6-4-14-27-20/h2-3,5,7-11,16,20H,4,6,12-15H2,1H3/t16-,20+/m0/s1. The molecule has 1 fully saturated rings. The van der Waals surface area contributed by atoms with Crippen LogP contribution in [0.2, 0.25) is 0 Å². The summed E-state index contributed by atoms with van der Waals surface area (Å²) in [6, 6.07) is 14.6. The number of para-hydroxylation sites is 1. The maximum Gasteiger partial charge on any atom is 0.338 e. The van der Waals surface area contributed by atoms with Crippen LogP contribution < -0.4 is 9.64 Å². The Balaban J connectivity index is 1.32. The fourth-order valence-corrected chi connectivity index (χ4v) is 3.72. The second-order valence-electron chi connectivity index (χ2n) is 7.39. The Labute approximate surface area is 170 Å². The zero-order valence-electron chi connectivity index (χ0n) is 16.5. The third kappa shape index (κ3) is 4.43. The van der Waals surface area contributed by atoms with Gasteiger partial charge in [-0.05, 0) is 62.1 Å². The van der Waals surface area contributed by atoms with Crippen molar-refractivity contribution in [2.45, 2.75) is 38.4 Å². The molecule has 0 saturated carbocycles. The number of fused-ring (bicyclic) bond motifs is 1. The van der Waals surface area contributed by atoms with E-state index >= 15 is 0 Å². The highest BCUT2D eigenvalue weighted by atomic mass is 16.5. The molecule has 0 radical (unpaired) electrons. The molecule has 2 heterocycles. The van der Waals surface area contributed by atoms with Gasteiger partial charge in [0.05, 0.1) is 11.7 Å². The lowest BCUT2D eigenvalue weighted by Gasteiger charge is -2.21. The number of hydrogen-bond acceptors (Lipinski definition) is 5. The monoisotopic (exact) mass is 395 g/mol. The normalized spacial score (nSPS) is 18.9. The minimum Gasteiger partial charge on any atom is -0.491 e. The van der Waals surface area contributed by atoms with Crippen molar-refractivity contribution in [1.29, 1.82) is 0 Å². The summed E-state index contributed by atoms with van der Waals surface area (Å²) < 4.78 is 16.7. The number of nitrogens with zero attached hydrogens (tertiary/aromatic N) is 1. The molecule has 6 heteroatoms. The average Bonchev–Trinajstić information content (AvgIpc) is 3.42. The van der Waals surface area contributed by atoms with Crippen LogP contribution in [0.5, 0.6) is 5.75 Å². The lowest BCUT2D eigenvalue weighted by Crippen LogP contribution is -2.39. The Hall–Kier alpha value is -2.86. The first kappa shape index (κ1) is 19.5. The molecule has 0 bridgehead atoms. The molecular formula is C23H25NO5. The van der Waals surface area contributed by atoms with Gasteiger partial charge in [-0.25, -0.2) is 4.79 Å². The molecule has 0 N–H and O–H groups in total. The van der Waals surface area contributed by atoms with E-state index in [0.717, 1.165) is 37.1 Å². The molecule has 0 aromatic heterocycles. The first-order valence-corrected chi connectivity index (χ1v) is 10.1. The molecule has 4 rings (SSSR count). The topological polar surface area (TPSA) is 65.1 Å². The Morgan fingerprint density at radius 2 is 1.97 bits per heavy atom. The summed E-state index contributed by atoms with van der Waals surface area (Å²) in [5, 5.41) is 0. The minimum absolute atomic E-state index is 0.141. The molecule has 2 aromatic rings. The third-order valence-electron chi connectivity index (χ3n) is 5.33. The number of anilines is 1. The molecule has 1 saturated heterocycles. The predicted octanol–water partition coefficient (Wildman–Crippen LogP) is 3.38. The van der Waals surface area contributed by atoms with Crippen molar-refractivity contribution < 1.29 is 23.8 Å². The summed E-state index contributed by atoms with van der Waals surface area (Å²) in [4.78, 5) is 26.9. The molecule has 6 nitrogen and oxygen atoms in total. The van der Waals surface area contributed by atoms with Gasteiger partial charge in [-0.15, -0.1) is 0 Å². The molecule has 2 aromatic carbocycles. The quantitative estimate of drug-likeness (QED) is 0.702. The smallest absolute Gasteiger partial charge is 0.338 e. The van der Waals surface area contributed by atoms with Crippen LogP contribution >= 0.6 is 0 Å². The maximum absolute atomic E-state index is 12.8. The van der Waals surface area contributed by atoms with Crippen LogP contribution in [-0.4, -0.2) is 43.8 Å². The average molecular weight is 395 g/mol. The highest BCUT2D eigenvalue weighted by molar-refractivity contribution is 6.00. The molecule has 1 amide bonds. The molecule has 2 atom stereocenters. The summed E-state index contributed by atoms with van der Waals surface area (Å²) >= 11 is 0. The van der Waals surface area contributed by atoms with Crippen LogP contribution in [0.25, 0.3) is 0 Å². The van der Waals surface area contributed by atoms with Gasteiger partial charge in [0.1, 0.15) is 12.4 Å². The first-order valence-electron chi connectivity index (χ1n) is 10.1. The van der Waals surface area contributed by atoms with Gasteiger partial charge in [0.2, 0.25) is 0 Å². The van der Waals surface area contributed by atoms with Gasteiger partial charge < -0.3 is 19.1 Å². The van der Waals surface area contributed by atoms with E-state index in [2.05, 4.69) is 0 Å². The molecule has 2 aliphatic heterocycles. The molecule has 2 aliphatic rings. The Morgan fingerprint density at radius 3 is 2.72 bits per heavy atom. The number of ether oxygens (including phenoxy) is 3. The number of amides is 1. The number of carbonyl (C=O) groups excluding carboxylic acids is 2. The van der Waals surface area contributed by atoms with Crippen LogP contribution in [-0.2, 0) is 20.7 Å². The fourth-order valence-electron chi connectivity index (χ4n) is 3.72. The van der Waals surface area contributed by atoms with Crippen LogP contribution in [0, 0.1) is 0 Å². The Bertz CT molecular complexity index is 873. The van der Waals surface area contributed by atoms with Gasteiger partial charge in [-0.2, -0.15) is 0 Å². The number of esters is 1. The van der Waals surface area contributed by atoms with E-state index in [9.17, 15) is 9.59 Å². The molecular weight excluding hydrogens is 370 g/mol. The largest absolute Gasteiger partial charge is 0.491 e. The van der Waals surface area contributed by atoms with E-state index in [0.29, 0.717) is 24.5 Å². The van der Waals surface area contributed by atoms with Crippen molar-refractivity contribution in [2.24, 2.45) is 0 Å². The predicted molar refractivity (Wildman–Crippen MR) is 108 cm³/mol. The summed E-state index contributed by atoms with van der Waals surface area (Å²) in [6.07, 6.45) is 2.18. The molecule has 29 heavy (non-hydrogen) atoms. The van der Waals surface area contributed by atoms with E-state index in [1.165, 1.54) is 0 Å². The van der Waals surface area contributed by atoms with Gasteiger partial charge in [0.25, 0.3) is 5.91 Å². The van der Waals surface area contributed by atoms with Crippen molar-refractivity contribution in [3.8, 4) is 5.75 Å². The Morgan fingerprint density at radius 1 is 1.17 bits per heavy atom. The minimum atomic E-state index is -0.857. The zero-order valence-corrected chi connectivity index (χ0v) is 16.5. The molecule has 0 spiro atoms. The number of benzene rings is 2. The lowest BCUT2D eigenvalue weighted by molar-refractivity contribution is -0.126. The second-order valence-corrected chi connectivity index (χ2v) is 7.39. The van der Waals surface area contributed by atoms with Crippen molar-refractivity contribution >= 4 is 17.6 Å².